The first-order chi connectivity index (χ1) is 9.43. The fraction of sp³-hybridized carbons (Fsp3) is 0.643. The summed E-state index contributed by atoms with van der Waals surface area (Å²) in [6, 6.07) is 0. The topological polar surface area (TPSA) is 72.6 Å². The van der Waals surface area contributed by atoms with Gasteiger partial charge in [0.25, 0.3) is 0 Å². The average Bonchev–Trinajstić information content (AvgIpc) is 2.95. The van der Waals surface area contributed by atoms with Gasteiger partial charge in [-0.25, -0.2) is 0 Å². The second kappa shape index (κ2) is 5.64. The average molecular weight is 280 g/mol. The van der Waals surface area contributed by atoms with Crippen LogP contribution in [0.15, 0.2) is 4.52 Å². The molecule has 0 bridgehead atoms. The van der Waals surface area contributed by atoms with Crippen LogP contribution in [0, 0.1) is 25.7 Å². The van der Waals surface area contributed by atoms with E-state index in [9.17, 15) is 9.59 Å². The van der Waals surface area contributed by atoms with Gasteiger partial charge in [0, 0.05) is 18.7 Å². The van der Waals surface area contributed by atoms with Gasteiger partial charge < -0.3 is 14.2 Å². The number of aryl methyl sites for hydroxylation is 2. The van der Waals surface area contributed by atoms with E-state index in [1.165, 1.54) is 7.11 Å². The molecule has 1 fully saturated rings. The molecule has 2 rings (SSSR count). The minimum Gasteiger partial charge on any atom is -0.469 e. The summed E-state index contributed by atoms with van der Waals surface area (Å²) in [4.78, 5) is 25.7. The Kier molecular flexibility index (Phi) is 4.11. The predicted octanol–water partition coefficient (Wildman–Crippen LogP) is 1.10. The van der Waals surface area contributed by atoms with Crippen molar-refractivity contribution < 1.29 is 18.8 Å². The Morgan fingerprint density at radius 1 is 1.40 bits per heavy atom. The zero-order valence-corrected chi connectivity index (χ0v) is 12.3. The number of nitrogens with zero attached hydrogens (tertiary/aromatic N) is 2. The number of hydrogen-bond acceptors (Lipinski definition) is 5. The molecule has 2 unspecified atom stereocenters. The number of carbonyl (C=O) groups excluding carboxylic acids is 2. The lowest BCUT2D eigenvalue weighted by Crippen LogP contribution is -2.31. The summed E-state index contributed by atoms with van der Waals surface area (Å²) in [5, 5.41) is 3.85. The molecule has 6 nitrogen and oxygen atoms in total. The van der Waals surface area contributed by atoms with Crippen molar-refractivity contribution in [3.05, 3.63) is 17.0 Å². The number of aromatic nitrogens is 1. The van der Waals surface area contributed by atoms with E-state index in [2.05, 4.69) is 5.16 Å². The smallest absolute Gasteiger partial charge is 0.310 e. The van der Waals surface area contributed by atoms with Crippen molar-refractivity contribution in [3.63, 3.8) is 0 Å². The molecule has 1 aliphatic rings. The molecule has 20 heavy (non-hydrogen) atoms. The molecule has 110 valence electrons. The first-order valence-electron chi connectivity index (χ1n) is 6.71. The maximum Gasteiger partial charge on any atom is 0.310 e. The van der Waals surface area contributed by atoms with E-state index in [0.29, 0.717) is 18.8 Å². The van der Waals surface area contributed by atoms with Crippen LogP contribution in [0.25, 0.3) is 0 Å². The zero-order valence-electron chi connectivity index (χ0n) is 12.3. The number of amides is 1. The number of carbonyl (C=O) groups is 2. The van der Waals surface area contributed by atoms with E-state index in [0.717, 1.165) is 11.3 Å². The normalized spacial score (nSPS) is 22.1. The number of methoxy groups -OCH3 is 1. The van der Waals surface area contributed by atoms with Gasteiger partial charge in [0.05, 0.1) is 25.1 Å². The van der Waals surface area contributed by atoms with Gasteiger partial charge in [0.1, 0.15) is 5.76 Å². The highest BCUT2D eigenvalue weighted by atomic mass is 16.5. The summed E-state index contributed by atoms with van der Waals surface area (Å²) >= 11 is 0. The maximum atomic E-state index is 12.3. The number of ether oxygens (including phenoxy) is 1. The molecule has 0 saturated carbocycles. The second-order valence-electron chi connectivity index (χ2n) is 5.39. The molecular formula is C14H20N2O4. The van der Waals surface area contributed by atoms with Crippen LogP contribution in [0.5, 0.6) is 0 Å². The second-order valence-corrected chi connectivity index (χ2v) is 5.39. The lowest BCUT2D eigenvalue weighted by molar-refractivity contribution is -0.146. The van der Waals surface area contributed by atoms with Crippen molar-refractivity contribution in [2.24, 2.45) is 11.8 Å². The summed E-state index contributed by atoms with van der Waals surface area (Å²) in [5.41, 5.74) is 1.58. The van der Waals surface area contributed by atoms with Crippen molar-refractivity contribution in [1.82, 2.24) is 10.1 Å². The summed E-state index contributed by atoms with van der Waals surface area (Å²) in [7, 11) is 1.38. The largest absolute Gasteiger partial charge is 0.469 e. The van der Waals surface area contributed by atoms with Gasteiger partial charge in [0.15, 0.2) is 0 Å². The van der Waals surface area contributed by atoms with Gasteiger partial charge >= 0.3 is 5.97 Å². The fourth-order valence-electron chi connectivity index (χ4n) is 2.65. The van der Waals surface area contributed by atoms with E-state index in [1.807, 2.05) is 13.8 Å². The molecule has 0 N–H and O–H groups in total. The highest BCUT2D eigenvalue weighted by Gasteiger charge is 2.37. The lowest BCUT2D eigenvalue weighted by Gasteiger charge is -2.15. The van der Waals surface area contributed by atoms with Crippen LogP contribution in [-0.4, -0.2) is 42.1 Å². The Labute approximate surface area is 118 Å². The number of rotatable bonds is 3. The van der Waals surface area contributed by atoms with Crippen LogP contribution in [-0.2, 0) is 20.7 Å². The van der Waals surface area contributed by atoms with Crippen LogP contribution in [0.2, 0.25) is 0 Å². The third-order valence-corrected chi connectivity index (χ3v) is 3.98. The van der Waals surface area contributed by atoms with E-state index in [4.69, 9.17) is 9.26 Å². The van der Waals surface area contributed by atoms with Crippen LogP contribution in [0.3, 0.4) is 0 Å². The summed E-state index contributed by atoms with van der Waals surface area (Å²) in [5.74, 6) is 0.320. The quantitative estimate of drug-likeness (QED) is 0.775. The van der Waals surface area contributed by atoms with Crippen LogP contribution < -0.4 is 0 Å². The van der Waals surface area contributed by atoms with Crippen molar-refractivity contribution >= 4 is 11.9 Å². The molecule has 0 spiro atoms. The molecule has 6 heteroatoms. The van der Waals surface area contributed by atoms with Gasteiger partial charge in [0.2, 0.25) is 5.91 Å². The zero-order chi connectivity index (χ0) is 14.9. The first kappa shape index (κ1) is 14.6. The molecular weight excluding hydrogens is 260 g/mol. The predicted molar refractivity (Wildman–Crippen MR) is 70.9 cm³/mol. The SMILES string of the molecule is COC(=O)C1CN(C(=O)Cc2c(C)noc2C)CC1C. The van der Waals surface area contributed by atoms with Crippen molar-refractivity contribution in [2.75, 3.05) is 20.2 Å². The summed E-state index contributed by atoms with van der Waals surface area (Å²) in [6.07, 6.45) is 0.266. The third kappa shape index (κ3) is 2.69. The molecule has 2 heterocycles. The van der Waals surface area contributed by atoms with E-state index in [-0.39, 0.29) is 30.1 Å². The minimum atomic E-state index is -0.245. The molecule has 1 saturated heterocycles. The maximum absolute atomic E-state index is 12.3. The van der Waals surface area contributed by atoms with Gasteiger partial charge in [-0.1, -0.05) is 12.1 Å². The number of likely N-dealkylation sites (tertiary alicyclic amines) is 1. The molecule has 0 radical (unpaired) electrons. The van der Waals surface area contributed by atoms with Gasteiger partial charge in [-0.3, -0.25) is 9.59 Å². The van der Waals surface area contributed by atoms with Crippen molar-refractivity contribution in [1.29, 1.82) is 0 Å². The van der Waals surface area contributed by atoms with Gasteiger partial charge in [-0.05, 0) is 19.8 Å². The highest BCUT2D eigenvalue weighted by molar-refractivity contribution is 5.81. The molecule has 1 aromatic heterocycles. The molecule has 1 aliphatic heterocycles. The third-order valence-electron chi connectivity index (χ3n) is 3.98. The van der Waals surface area contributed by atoms with Crippen molar-refractivity contribution in [3.8, 4) is 0 Å². The highest BCUT2D eigenvalue weighted by Crippen LogP contribution is 2.25. The Bertz CT molecular complexity index is 504. The molecule has 2 atom stereocenters. The summed E-state index contributed by atoms with van der Waals surface area (Å²) in [6.45, 7) is 6.60. The fourth-order valence-corrected chi connectivity index (χ4v) is 2.65. The van der Waals surface area contributed by atoms with Gasteiger partial charge in [-0.2, -0.15) is 0 Å². The number of hydrogen-bond donors (Lipinski definition) is 0. The monoisotopic (exact) mass is 280 g/mol. The first-order valence-corrected chi connectivity index (χ1v) is 6.71. The Morgan fingerprint density at radius 2 is 2.10 bits per heavy atom. The van der Waals surface area contributed by atoms with E-state index in [1.54, 1.807) is 11.8 Å². The van der Waals surface area contributed by atoms with E-state index >= 15 is 0 Å². The molecule has 1 aromatic rings. The Morgan fingerprint density at radius 3 is 2.65 bits per heavy atom. The standard InChI is InChI=1S/C14H20N2O4/c1-8-6-16(7-12(8)14(18)19-4)13(17)5-11-9(2)15-20-10(11)3/h8,12H,5-7H2,1-4H3. The lowest BCUT2D eigenvalue weighted by atomic mass is 9.99. The Hall–Kier alpha value is -1.85. The van der Waals surface area contributed by atoms with Crippen LogP contribution in [0.1, 0.15) is 23.9 Å². The van der Waals surface area contributed by atoms with Gasteiger partial charge in [-0.15, -0.1) is 0 Å². The van der Waals surface area contributed by atoms with Crippen LogP contribution in [0.4, 0.5) is 0 Å². The Balaban J connectivity index is 2.03. The van der Waals surface area contributed by atoms with E-state index < -0.39 is 0 Å². The molecule has 0 aliphatic carbocycles. The van der Waals surface area contributed by atoms with Crippen molar-refractivity contribution in [2.45, 2.75) is 27.2 Å². The summed E-state index contributed by atoms with van der Waals surface area (Å²) < 4.78 is 9.84. The molecule has 0 aromatic carbocycles. The number of esters is 1. The minimum absolute atomic E-state index is 0.00217. The van der Waals surface area contributed by atoms with Crippen LogP contribution >= 0.6 is 0 Å². The molecule has 1 amide bonds.